The van der Waals surface area contributed by atoms with Crippen molar-refractivity contribution in [3.63, 3.8) is 0 Å². The fraction of sp³-hybridized carbons (Fsp3) is 0.500. The Bertz CT molecular complexity index is 515. The van der Waals surface area contributed by atoms with Crippen LogP contribution in [0.5, 0.6) is 0 Å². The van der Waals surface area contributed by atoms with Crippen LogP contribution in [0, 0.1) is 10.1 Å². The number of rotatable bonds is 4. The predicted molar refractivity (Wildman–Crippen MR) is 80.4 cm³/mol. The summed E-state index contributed by atoms with van der Waals surface area (Å²) in [6, 6.07) is 5.93. The van der Waals surface area contributed by atoms with Crippen LogP contribution >= 0.6 is 0 Å². The number of amides is 2. The first-order chi connectivity index (χ1) is 10.1. The molecule has 2 amide bonds. The highest BCUT2D eigenvalue weighted by Gasteiger charge is 2.24. The summed E-state index contributed by atoms with van der Waals surface area (Å²) in [5.41, 5.74) is 0.409. The maximum atomic E-state index is 12.3. The molecule has 114 valence electrons. The van der Waals surface area contributed by atoms with E-state index in [-0.39, 0.29) is 17.8 Å². The molecule has 1 atom stereocenters. The van der Waals surface area contributed by atoms with Gasteiger partial charge in [-0.15, -0.1) is 0 Å². The van der Waals surface area contributed by atoms with E-state index in [1.807, 2.05) is 6.92 Å². The van der Waals surface area contributed by atoms with Crippen molar-refractivity contribution >= 4 is 17.4 Å². The monoisotopic (exact) mass is 292 g/mol. The van der Waals surface area contributed by atoms with Crippen LogP contribution in [0.4, 0.5) is 16.2 Å². The number of anilines is 1. The quantitative estimate of drug-likeness (QED) is 0.658. The Hall–Kier alpha value is -2.15. The van der Waals surface area contributed by atoms with E-state index >= 15 is 0 Å². The first-order valence-corrected chi connectivity index (χ1v) is 7.14. The normalized spacial score (nSPS) is 18.0. The molecule has 0 spiro atoms. The lowest BCUT2D eigenvalue weighted by Gasteiger charge is -2.33. The van der Waals surface area contributed by atoms with Gasteiger partial charge in [0.25, 0.3) is 5.69 Å². The molecule has 1 saturated heterocycles. The number of nitrogens with zero attached hydrogens (tertiary/aromatic N) is 2. The molecule has 0 bridgehead atoms. The van der Waals surface area contributed by atoms with Gasteiger partial charge in [-0.25, -0.2) is 4.79 Å². The Morgan fingerprint density at radius 2 is 2.38 bits per heavy atom. The zero-order chi connectivity index (χ0) is 15.2. The van der Waals surface area contributed by atoms with E-state index in [9.17, 15) is 14.9 Å². The molecule has 1 heterocycles. The van der Waals surface area contributed by atoms with Crippen LogP contribution in [-0.2, 0) is 0 Å². The highest BCUT2D eigenvalue weighted by atomic mass is 16.6. The molecule has 1 unspecified atom stereocenters. The molecule has 0 radical (unpaired) electrons. The molecule has 1 aromatic rings. The highest BCUT2D eigenvalue weighted by molar-refractivity contribution is 5.89. The second-order valence-corrected chi connectivity index (χ2v) is 5.02. The van der Waals surface area contributed by atoms with Gasteiger partial charge in [-0.2, -0.15) is 0 Å². The Kier molecular flexibility index (Phi) is 5.10. The number of nitrogens with one attached hydrogen (secondary N) is 2. The van der Waals surface area contributed by atoms with Gasteiger partial charge in [-0.05, 0) is 32.4 Å². The molecule has 2 N–H and O–H groups in total. The largest absolute Gasteiger partial charge is 0.322 e. The molecule has 1 aliphatic rings. The van der Waals surface area contributed by atoms with Crippen LogP contribution < -0.4 is 10.6 Å². The van der Waals surface area contributed by atoms with E-state index < -0.39 is 4.92 Å². The number of urea groups is 1. The molecule has 0 saturated carbocycles. The number of hydrogen-bond acceptors (Lipinski definition) is 4. The van der Waals surface area contributed by atoms with Crippen molar-refractivity contribution < 1.29 is 9.72 Å². The van der Waals surface area contributed by atoms with E-state index in [2.05, 4.69) is 10.6 Å². The van der Waals surface area contributed by atoms with Crippen LogP contribution in [0.2, 0.25) is 0 Å². The zero-order valence-corrected chi connectivity index (χ0v) is 12.0. The van der Waals surface area contributed by atoms with Gasteiger partial charge in [0.05, 0.1) is 4.92 Å². The number of carbonyl (C=O) groups is 1. The molecular weight excluding hydrogens is 272 g/mol. The number of carbonyl (C=O) groups excluding carboxylic acids is 1. The Balaban J connectivity index is 2.04. The van der Waals surface area contributed by atoms with Gasteiger partial charge in [0, 0.05) is 37.0 Å². The SMILES string of the molecule is CCN(C(=O)Nc1cccc([N+](=O)[O-])c1)C1CCCNC1. The molecule has 1 aliphatic heterocycles. The van der Waals surface area contributed by atoms with Crippen LogP contribution in [0.3, 0.4) is 0 Å². The van der Waals surface area contributed by atoms with Gasteiger partial charge in [0.15, 0.2) is 0 Å². The summed E-state index contributed by atoms with van der Waals surface area (Å²) in [6.07, 6.45) is 2.02. The molecule has 0 aliphatic carbocycles. The maximum Gasteiger partial charge on any atom is 0.322 e. The smallest absolute Gasteiger partial charge is 0.321 e. The number of benzene rings is 1. The van der Waals surface area contributed by atoms with E-state index in [0.717, 1.165) is 25.9 Å². The average molecular weight is 292 g/mol. The summed E-state index contributed by atoms with van der Waals surface area (Å²) in [4.78, 5) is 24.4. The van der Waals surface area contributed by atoms with Crippen LogP contribution in [0.25, 0.3) is 0 Å². The lowest BCUT2D eigenvalue weighted by atomic mass is 10.1. The fourth-order valence-corrected chi connectivity index (χ4v) is 2.56. The van der Waals surface area contributed by atoms with Crippen molar-refractivity contribution in [2.45, 2.75) is 25.8 Å². The molecule has 7 nitrogen and oxygen atoms in total. The number of hydrogen-bond donors (Lipinski definition) is 2. The topological polar surface area (TPSA) is 87.5 Å². The molecule has 0 aromatic heterocycles. The van der Waals surface area contributed by atoms with Crippen molar-refractivity contribution in [1.29, 1.82) is 0 Å². The van der Waals surface area contributed by atoms with Gasteiger partial charge in [0.1, 0.15) is 0 Å². The first-order valence-electron chi connectivity index (χ1n) is 7.14. The lowest BCUT2D eigenvalue weighted by molar-refractivity contribution is -0.384. The van der Waals surface area contributed by atoms with Gasteiger partial charge in [-0.1, -0.05) is 6.07 Å². The summed E-state index contributed by atoms with van der Waals surface area (Å²) in [5, 5.41) is 16.8. The van der Waals surface area contributed by atoms with Gasteiger partial charge >= 0.3 is 6.03 Å². The first kappa shape index (κ1) is 15.2. The summed E-state index contributed by atoms with van der Waals surface area (Å²) >= 11 is 0. The number of piperidine rings is 1. The van der Waals surface area contributed by atoms with Gasteiger partial charge in [0.2, 0.25) is 0 Å². The summed E-state index contributed by atoms with van der Waals surface area (Å²) in [5.74, 6) is 0. The van der Waals surface area contributed by atoms with Crippen molar-refractivity contribution in [1.82, 2.24) is 10.2 Å². The van der Waals surface area contributed by atoms with Crippen molar-refractivity contribution in [2.75, 3.05) is 25.0 Å². The summed E-state index contributed by atoms with van der Waals surface area (Å²) < 4.78 is 0. The van der Waals surface area contributed by atoms with E-state index in [1.54, 1.807) is 17.0 Å². The zero-order valence-electron chi connectivity index (χ0n) is 12.0. The second-order valence-electron chi connectivity index (χ2n) is 5.02. The third-order valence-electron chi connectivity index (χ3n) is 3.62. The molecule has 21 heavy (non-hydrogen) atoms. The minimum absolute atomic E-state index is 0.0322. The number of non-ortho nitro benzene ring substituents is 1. The van der Waals surface area contributed by atoms with Gasteiger partial charge in [-0.3, -0.25) is 10.1 Å². The highest BCUT2D eigenvalue weighted by Crippen LogP contribution is 2.18. The predicted octanol–water partition coefficient (Wildman–Crippen LogP) is 2.20. The minimum Gasteiger partial charge on any atom is -0.321 e. The molecule has 7 heteroatoms. The minimum atomic E-state index is -0.474. The van der Waals surface area contributed by atoms with E-state index in [0.29, 0.717) is 12.2 Å². The molecule has 1 fully saturated rings. The standard InChI is InChI=1S/C14H20N4O3/c1-2-17(13-7-4-8-15-10-13)14(19)16-11-5-3-6-12(9-11)18(20)21/h3,5-6,9,13,15H,2,4,7-8,10H2,1H3,(H,16,19). The molecule has 1 aromatic carbocycles. The second kappa shape index (κ2) is 7.03. The van der Waals surface area contributed by atoms with Crippen molar-refractivity contribution in [2.24, 2.45) is 0 Å². The van der Waals surface area contributed by atoms with Crippen LogP contribution in [0.1, 0.15) is 19.8 Å². The molecule has 2 rings (SSSR count). The van der Waals surface area contributed by atoms with Crippen LogP contribution in [0.15, 0.2) is 24.3 Å². The van der Waals surface area contributed by atoms with Crippen molar-refractivity contribution in [3.05, 3.63) is 34.4 Å². The summed E-state index contributed by atoms with van der Waals surface area (Å²) in [7, 11) is 0. The fourth-order valence-electron chi connectivity index (χ4n) is 2.56. The third kappa shape index (κ3) is 3.91. The summed E-state index contributed by atoms with van der Waals surface area (Å²) in [6.45, 7) is 4.31. The third-order valence-corrected chi connectivity index (χ3v) is 3.62. The Morgan fingerprint density at radius 1 is 1.57 bits per heavy atom. The van der Waals surface area contributed by atoms with Crippen LogP contribution in [-0.4, -0.2) is 41.5 Å². The molecular formula is C14H20N4O3. The van der Waals surface area contributed by atoms with Gasteiger partial charge < -0.3 is 15.5 Å². The van der Waals surface area contributed by atoms with Crippen molar-refractivity contribution in [3.8, 4) is 0 Å². The van der Waals surface area contributed by atoms with E-state index in [1.165, 1.54) is 12.1 Å². The number of nitro benzene ring substituents is 1. The Morgan fingerprint density at radius 3 is 3.00 bits per heavy atom. The maximum absolute atomic E-state index is 12.3. The number of likely N-dealkylation sites (N-methyl/N-ethyl adjacent to an activating group) is 1. The average Bonchev–Trinajstić information content (AvgIpc) is 2.49. The Labute approximate surface area is 123 Å². The lowest BCUT2D eigenvalue weighted by Crippen LogP contribution is -2.50. The number of nitro groups is 1. The van der Waals surface area contributed by atoms with E-state index in [4.69, 9.17) is 0 Å².